The third-order valence-electron chi connectivity index (χ3n) is 5.59. The van der Waals surface area contributed by atoms with Crippen LogP contribution in [-0.4, -0.2) is 10.4 Å². The van der Waals surface area contributed by atoms with Crippen LogP contribution in [0.5, 0.6) is 0 Å². The quantitative estimate of drug-likeness (QED) is 0.301. The van der Waals surface area contributed by atoms with Gasteiger partial charge in [0.05, 0.1) is 5.56 Å². The predicted molar refractivity (Wildman–Crippen MR) is 121 cm³/mol. The van der Waals surface area contributed by atoms with Crippen molar-refractivity contribution in [2.24, 2.45) is 0 Å². The maximum absolute atomic E-state index is 13.2. The van der Waals surface area contributed by atoms with Gasteiger partial charge in [-0.05, 0) is 54.3 Å². The fraction of sp³-hybridized carbons (Fsp3) is 0.148. The molecule has 0 aliphatic heterocycles. The smallest absolute Gasteiger partial charge is 0.346 e. The monoisotopic (exact) mass is 433 g/mol. The summed E-state index contributed by atoms with van der Waals surface area (Å²) in [6, 6.07) is 22.5. The summed E-state index contributed by atoms with van der Waals surface area (Å²) in [5, 5.41) is 0. The summed E-state index contributed by atoms with van der Waals surface area (Å²) in [4.78, 5) is 12.5. The van der Waals surface area contributed by atoms with E-state index in [0.29, 0.717) is 23.2 Å². The second-order valence-corrected chi connectivity index (χ2v) is 7.83. The van der Waals surface area contributed by atoms with E-state index in [-0.39, 0.29) is 5.78 Å². The molecule has 0 saturated carbocycles. The van der Waals surface area contributed by atoms with Gasteiger partial charge in [0.2, 0.25) is 0 Å². The molecular formula is C27H22F3NO. The van der Waals surface area contributed by atoms with E-state index in [9.17, 15) is 18.0 Å². The molecule has 0 spiro atoms. The minimum Gasteiger partial charge on any atom is -0.346 e. The Labute approximate surface area is 185 Å². The van der Waals surface area contributed by atoms with Crippen LogP contribution in [0.15, 0.2) is 85.1 Å². The van der Waals surface area contributed by atoms with Crippen molar-refractivity contribution in [2.45, 2.75) is 26.6 Å². The van der Waals surface area contributed by atoms with Crippen molar-refractivity contribution in [3.63, 3.8) is 0 Å². The zero-order valence-electron chi connectivity index (χ0n) is 17.8. The molecule has 0 aliphatic carbocycles. The highest BCUT2D eigenvalue weighted by Crippen LogP contribution is 2.35. The van der Waals surface area contributed by atoms with Gasteiger partial charge in [-0.25, -0.2) is 0 Å². The van der Waals surface area contributed by atoms with E-state index in [4.69, 9.17) is 0 Å². The van der Waals surface area contributed by atoms with Gasteiger partial charge < -0.3 is 4.57 Å². The van der Waals surface area contributed by atoms with E-state index in [0.717, 1.165) is 34.5 Å². The molecule has 0 fully saturated rings. The Morgan fingerprint density at radius 3 is 2.12 bits per heavy atom. The summed E-state index contributed by atoms with van der Waals surface area (Å²) in [6.07, 6.45) is -2.45. The Balaban J connectivity index is 1.78. The number of alkyl halides is 3. The summed E-state index contributed by atoms with van der Waals surface area (Å²) in [5.41, 5.74) is 4.63. The molecule has 4 aromatic rings. The largest absolute Gasteiger partial charge is 0.416 e. The normalized spacial score (nSPS) is 11.5. The standard InChI is InChI=1S/C27H22F3NO/c1-18-26(19(2)32)25(17-31(18)16-20-8-4-3-5-9-20)23-12-6-10-21(14-23)22-11-7-13-24(15-22)27(28,29)30/h3-15,17H,16H2,1-2H3. The molecule has 0 saturated heterocycles. The first-order valence-electron chi connectivity index (χ1n) is 10.3. The minimum absolute atomic E-state index is 0.0474. The number of halogens is 3. The highest BCUT2D eigenvalue weighted by Gasteiger charge is 2.30. The first-order valence-corrected chi connectivity index (χ1v) is 10.3. The molecule has 2 nitrogen and oxygen atoms in total. The lowest BCUT2D eigenvalue weighted by Gasteiger charge is -2.10. The zero-order chi connectivity index (χ0) is 22.9. The number of ketones is 1. The maximum Gasteiger partial charge on any atom is 0.416 e. The molecule has 0 bridgehead atoms. The van der Waals surface area contributed by atoms with Crippen molar-refractivity contribution < 1.29 is 18.0 Å². The lowest BCUT2D eigenvalue weighted by Crippen LogP contribution is -2.04. The second-order valence-electron chi connectivity index (χ2n) is 7.83. The van der Waals surface area contributed by atoms with Crippen LogP contribution in [-0.2, 0) is 12.7 Å². The van der Waals surface area contributed by atoms with Crippen molar-refractivity contribution in [3.8, 4) is 22.3 Å². The number of carbonyl (C=O) groups is 1. The fourth-order valence-corrected chi connectivity index (χ4v) is 4.00. The molecule has 1 heterocycles. The van der Waals surface area contributed by atoms with Crippen LogP contribution in [0.2, 0.25) is 0 Å². The highest BCUT2D eigenvalue weighted by atomic mass is 19.4. The van der Waals surface area contributed by atoms with Crippen LogP contribution < -0.4 is 0 Å². The maximum atomic E-state index is 13.2. The van der Waals surface area contributed by atoms with Crippen molar-refractivity contribution in [1.82, 2.24) is 4.57 Å². The van der Waals surface area contributed by atoms with Crippen LogP contribution in [0.4, 0.5) is 13.2 Å². The molecule has 162 valence electrons. The first kappa shape index (κ1) is 21.6. The van der Waals surface area contributed by atoms with Gasteiger partial charge in [0.25, 0.3) is 0 Å². The number of aromatic nitrogens is 1. The van der Waals surface area contributed by atoms with Gasteiger partial charge in [0.1, 0.15) is 0 Å². The van der Waals surface area contributed by atoms with Gasteiger partial charge in [-0.15, -0.1) is 0 Å². The Bertz CT molecular complexity index is 1270. The van der Waals surface area contributed by atoms with Crippen molar-refractivity contribution in [1.29, 1.82) is 0 Å². The molecule has 1 aromatic heterocycles. The molecule has 32 heavy (non-hydrogen) atoms. The second kappa shape index (κ2) is 8.50. The Hall–Kier alpha value is -3.60. The molecule has 0 aliphatic rings. The SMILES string of the molecule is CC(=O)c1c(-c2cccc(-c3cccc(C(F)(F)F)c3)c2)cn(Cc2ccccc2)c1C. The zero-order valence-corrected chi connectivity index (χ0v) is 17.8. The van der Waals surface area contributed by atoms with E-state index in [1.807, 2.05) is 60.2 Å². The van der Waals surface area contributed by atoms with Gasteiger partial charge in [0.15, 0.2) is 5.78 Å². The lowest BCUT2D eigenvalue weighted by atomic mass is 9.96. The fourth-order valence-electron chi connectivity index (χ4n) is 4.00. The number of Topliss-reactive ketones (excluding diaryl/α,β-unsaturated/α-hetero) is 1. The number of rotatable bonds is 5. The van der Waals surface area contributed by atoms with E-state index in [1.165, 1.54) is 13.0 Å². The van der Waals surface area contributed by atoms with E-state index in [2.05, 4.69) is 0 Å². The Morgan fingerprint density at radius 1 is 0.844 bits per heavy atom. The van der Waals surface area contributed by atoms with E-state index >= 15 is 0 Å². The Morgan fingerprint density at radius 2 is 1.47 bits per heavy atom. The lowest BCUT2D eigenvalue weighted by molar-refractivity contribution is -0.137. The van der Waals surface area contributed by atoms with Crippen LogP contribution in [0.3, 0.4) is 0 Å². The number of hydrogen-bond donors (Lipinski definition) is 0. The minimum atomic E-state index is -4.40. The Kier molecular flexibility index (Phi) is 5.74. The molecule has 3 aromatic carbocycles. The third kappa shape index (κ3) is 4.37. The van der Waals surface area contributed by atoms with Gasteiger partial charge in [0, 0.05) is 29.6 Å². The number of nitrogens with zero attached hydrogens (tertiary/aromatic N) is 1. The van der Waals surface area contributed by atoms with Crippen molar-refractivity contribution in [2.75, 3.05) is 0 Å². The highest BCUT2D eigenvalue weighted by molar-refractivity contribution is 6.02. The summed E-state index contributed by atoms with van der Waals surface area (Å²) < 4.78 is 41.5. The van der Waals surface area contributed by atoms with Crippen LogP contribution in [0.1, 0.15) is 34.1 Å². The average Bonchev–Trinajstić information content (AvgIpc) is 3.10. The predicted octanol–water partition coefficient (Wildman–Crippen LogP) is 7.40. The molecule has 0 N–H and O–H groups in total. The van der Waals surface area contributed by atoms with Crippen molar-refractivity contribution >= 4 is 5.78 Å². The number of benzene rings is 3. The number of carbonyl (C=O) groups excluding carboxylic acids is 1. The molecule has 0 unspecified atom stereocenters. The summed E-state index contributed by atoms with van der Waals surface area (Å²) in [6.45, 7) is 4.08. The molecule has 0 radical (unpaired) electrons. The number of hydrogen-bond acceptors (Lipinski definition) is 1. The third-order valence-corrected chi connectivity index (χ3v) is 5.59. The van der Waals surface area contributed by atoms with E-state index in [1.54, 1.807) is 18.2 Å². The average molecular weight is 433 g/mol. The summed E-state index contributed by atoms with van der Waals surface area (Å²) >= 11 is 0. The van der Waals surface area contributed by atoms with Crippen LogP contribution in [0, 0.1) is 6.92 Å². The summed E-state index contributed by atoms with van der Waals surface area (Å²) in [7, 11) is 0. The summed E-state index contributed by atoms with van der Waals surface area (Å²) in [5.74, 6) is -0.0474. The van der Waals surface area contributed by atoms with Crippen LogP contribution >= 0.6 is 0 Å². The van der Waals surface area contributed by atoms with Gasteiger partial charge in [-0.1, -0.05) is 60.7 Å². The molecule has 5 heteroatoms. The molecular weight excluding hydrogens is 411 g/mol. The molecule has 0 atom stereocenters. The van der Waals surface area contributed by atoms with Gasteiger partial charge in [-0.3, -0.25) is 4.79 Å². The van der Waals surface area contributed by atoms with Gasteiger partial charge >= 0.3 is 6.18 Å². The molecule has 0 amide bonds. The first-order chi connectivity index (χ1) is 15.2. The van der Waals surface area contributed by atoms with Crippen molar-refractivity contribution in [3.05, 3.63) is 107 Å². The molecule has 4 rings (SSSR count). The van der Waals surface area contributed by atoms with Crippen LogP contribution in [0.25, 0.3) is 22.3 Å². The van der Waals surface area contributed by atoms with Gasteiger partial charge in [-0.2, -0.15) is 13.2 Å². The topological polar surface area (TPSA) is 22.0 Å². The van der Waals surface area contributed by atoms with E-state index < -0.39 is 11.7 Å².